The Kier molecular flexibility index (Phi) is 3.99. The van der Waals surface area contributed by atoms with E-state index in [4.69, 9.17) is 4.74 Å². The largest absolute Gasteiger partial charge is 0.456 e. The van der Waals surface area contributed by atoms with Crippen LogP contribution in [-0.2, 0) is 9.84 Å². The van der Waals surface area contributed by atoms with Crippen molar-refractivity contribution in [3.05, 3.63) is 52.9 Å². The molecule has 0 saturated carbocycles. The van der Waals surface area contributed by atoms with Gasteiger partial charge < -0.3 is 9.84 Å². The number of benzene rings is 2. The van der Waals surface area contributed by atoms with E-state index in [0.717, 1.165) is 16.8 Å². The van der Waals surface area contributed by atoms with E-state index in [2.05, 4.69) is 0 Å². The van der Waals surface area contributed by atoms with Crippen LogP contribution in [0.2, 0.25) is 0 Å². The molecule has 4 nitrogen and oxygen atoms in total. The van der Waals surface area contributed by atoms with Gasteiger partial charge in [0.05, 0.1) is 10.5 Å². The van der Waals surface area contributed by atoms with E-state index in [0.29, 0.717) is 5.39 Å². The van der Waals surface area contributed by atoms with E-state index in [1.807, 2.05) is 0 Å². The third kappa shape index (κ3) is 2.47. The fraction of sp³-hybridized carbons (Fsp3) is 0.176. The summed E-state index contributed by atoms with van der Waals surface area (Å²) in [5.74, 6) is -0.285. The van der Waals surface area contributed by atoms with E-state index in [1.54, 1.807) is 23.6 Å². The van der Waals surface area contributed by atoms with Crippen molar-refractivity contribution in [3.63, 3.8) is 0 Å². The highest BCUT2D eigenvalue weighted by atomic mass is 32.2. The van der Waals surface area contributed by atoms with Crippen LogP contribution in [0.3, 0.4) is 0 Å². The summed E-state index contributed by atoms with van der Waals surface area (Å²) in [6.45, 7) is 0. The summed E-state index contributed by atoms with van der Waals surface area (Å²) in [5.41, 5.74) is -2.09. The third-order valence-electron chi connectivity index (χ3n) is 4.34. The molecule has 1 N–H and O–H groups in total. The minimum absolute atomic E-state index is 0.206. The highest BCUT2D eigenvalue weighted by Gasteiger charge is 2.61. The molecule has 0 aliphatic carbocycles. The van der Waals surface area contributed by atoms with E-state index >= 15 is 0 Å². The van der Waals surface area contributed by atoms with E-state index in [1.165, 1.54) is 17.4 Å². The van der Waals surface area contributed by atoms with Crippen molar-refractivity contribution >= 4 is 31.3 Å². The van der Waals surface area contributed by atoms with Crippen molar-refractivity contribution in [1.82, 2.24) is 0 Å². The Morgan fingerprint density at radius 2 is 1.85 bits per heavy atom. The maximum Gasteiger partial charge on any atom is 0.379 e. The molecule has 1 aromatic heterocycles. The van der Waals surface area contributed by atoms with E-state index < -0.39 is 49.4 Å². The first-order valence-electron chi connectivity index (χ1n) is 7.55. The monoisotopic (exact) mass is 418 g/mol. The zero-order valence-electron chi connectivity index (χ0n) is 13.2. The van der Waals surface area contributed by atoms with Crippen LogP contribution in [0, 0.1) is 0 Å². The highest BCUT2D eigenvalue weighted by Crippen LogP contribution is 2.54. The summed E-state index contributed by atoms with van der Waals surface area (Å²) in [7, 11) is -5.27. The number of hydrogen-bond donors (Lipinski definition) is 1. The lowest BCUT2D eigenvalue weighted by Gasteiger charge is -2.17. The van der Waals surface area contributed by atoms with E-state index in [-0.39, 0.29) is 5.75 Å². The van der Waals surface area contributed by atoms with Gasteiger partial charge >= 0.3 is 5.25 Å². The van der Waals surface area contributed by atoms with Crippen molar-refractivity contribution in [3.8, 4) is 11.5 Å². The van der Waals surface area contributed by atoms with Gasteiger partial charge in [0.25, 0.3) is 6.43 Å². The molecule has 0 amide bonds. The molecule has 0 fully saturated rings. The number of halogens is 4. The van der Waals surface area contributed by atoms with Gasteiger partial charge in [-0.15, -0.1) is 11.3 Å². The molecule has 2 aromatic carbocycles. The molecule has 0 saturated heterocycles. The molecule has 3 aromatic rings. The summed E-state index contributed by atoms with van der Waals surface area (Å²) < 4.78 is 85.4. The highest BCUT2D eigenvalue weighted by molar-refractivity contribution is 7.92. The van der Waals surface area contributed by atoms with Crippen molar-refractivity contribution < 1.29 is 35.8 Å². The molecule has 27 heavy (non-hydrogen) atoms. The van der Waals surface area contributed by atoms with Gasteiger partial charge in [-0.25, -0.2) is 17.2 Å². The number of hydrogen-bond acceptors (Lipinski definition) is 5. The summed E-state index contributed by atoms with van der Waals surface area (Å²) in [5, 5.41) is 7.59. The Bertz CT molecular complexity index is 1150. The lowest BCUT2D eigenvalue weighted by molar-refractivity contribution is -0.0391. The number of alkyl halides is 4. The lowest BCUT2D eigenvalue weighted by Crippen LogP contribution is -2.28. The zero-order chi connectivity index (χ0) is 19.6. The Labute approximate surface area is 154 Å². The van der Waals surface area contributed by atoms with E-state index in [9.17, 15) is 31.1 Å². The molecule has 0 radical (unpaired) electrons. The first kappa shape index (κ1) is 18.2. The average Bonchev–Trinajstić information content (AvgIpc) is 3.13. The number of ether oxygens (including phenoxy) is 1. The zero-order valence-corrected chi connectivity index (χ0v) is 14.8. The number of fused-ring (bicyclic) bond motifs is 2. The number of thiophene rings is 1. The summed E-state index contributed by atoms with van der Waals surface area (Å²) in [6, 6.07) is 8.30. The molecular formula is C17H10F4O4S2. The Morgan fingerprint density at radius 1 is 1.11 bits per heavy atom. The summed E-state index contributed by atoms with van der Waals surface area (Å²) >= 11 is 1.40. The summed E-state index contributed by atoms with van der Waals surface area (Å²) in [4.78, 5) is -1.02. The Hall–Kier alpha value is -2.17. The van der Waals surface area contributed by atoms with Gasteiger partial charge in [0.15, 0.2) is 6.10 Å². The molecule has 10 heteroatoms. The van der Waals surface area contributed by atoms with Crippen LogP contribution in [0.4, 0.5) is 17.6 Å². The molecule has 1 aliphatic rings. The van der Waals surface area contributed by atoms with Gasteiger partial charge in [0.2, 0.25) is 9.84 Å². The molecule has 0 spiro atoms. The molecule has 1 aliphatic heterocycles. The Balaban J connectivity index is 1.92. The second kappa shape index (κ2) is 5.91. The lowest BCUT2D eigenvalue weighted by atomic mass is 10.0. The summed E-state index contributed by atoms with van der Waals surface area (Å²) in [6.07, 6.45) is -6.24. The second-order valence-corrected chi connectivity index (χ2v) is 8.79. The predicted octanol–water partition coefficient (Wildman–Crippen LogP) is 5.04. The first-order valence-corrected chi connectivity index (χ1v) is 9.92. The fourth-order valence-electron chi connectivity index (χ4n) is 3.06. The second-order valence-electron chi connectivity index (χ2n) is 5.85. The molecular weight excluding hydrogens is 408 g/mol. The topological polar surface area (TPSA) is 63.6 Å². The van der Waals surface area contributed by atoms with Crippen LogP contribution >= 0.6 is 11.3 Å². The van der Waals surface area contributed by atoms with Crippen molar-refractivity contribution in [2.75, 3.05) is 0 Å². The van der Waals surface area contributed by atoms with Crippen molar-refractivity contribution in [2.24, 2.45) is 0 Å². The molecule has 1 unspecified atom stereocenters. The van der Waals surface area contributed by atoms with Gasteiger partial charge in [-0.2, -0.15) is 8.78 Å². The number of aliphatic hydroxyl groups is 1. The van der Waals surface area contributed by atoms with Crippen LogP contribution in [0.25, 0.3) is 10.1 Å². The molecule has 1 atom stereocenters. The number of aliphatic hydroxyl groups excluding tert-OH is 1. The number of sulfone groups is 1. The standard InChI is InChI=1S/C17H10F4O4S2/c18-16(19)13-10(25-9-2-1-3-11-8(9)6-7-26-11)4-5-12-14(13)15(22)17(20,21)27(12,23)24/h1-7,15-16,22H. The minimum atomic E-state index is -5.27. The van der Waals surface area contributed by atoms with Gasteiger partial charge in [0.1, 0.15) is 11.5 Å². The van der Waals surface area contributed by atoms with Crippen LogP contribution in [0.15, 0.2) is 46.7 Å². The quantitative estimate of drug-likeness (QED) is 0.605. The van der Waals surface area contributed by atoms with Crippen LogP contribution in [0.5, 0.6) is 11.5 Å². The molecule has 2 heterocycles. The maximum absolute atomic E-state index is 14.0. The van der Waals surface area contributed by atoms with Crippen LogP contribution < -0.4 is 4.74 Å². The SMILES string of the molecule is O=S1(=O)c2ccc(Oc3cccc4sccc34)c(C(F)F)c2C(O)C1(F)F. The number of rotatable bonds is 3. The predicted molar refractivity (Wildman–Crippen MR) is 90.4 cm³/mol. The first-order chi connectivity index (χ1) is 12.7. The average molecular weight is 418 g/mol. The molecule has 142 valence electrons. The van der Waals surface area contributed by atoms with Crippen LogP contribution in [-0.4, -0.2) is 18.8 Å². The van der Waals surface area contributed by atoms with Crippen molar-refractivity contribution in [2.45, 2.75) is 22.7 Å². The molecule has 0 bridgehead atoms. The van der Waals surface area contributed by atoms with Crippen molar-refractivity contribution in [1.29, 1.82) is 0 Å². The molecule has 4 rings (SSSR count). The maximum atomic E-state index is 14.0. The Morgan fingerprint density at radius 3 is 2.56 bits per heavy atom. The fourth-order valence-corrected chi connectivity index (χ4v) is 5.33. The smallest absolute Gasteiger partial charge is 0.379 e. The van der Waals surface area contributed by atoms with Gasteiger partial charge in [-0.05, 0) is 35.7 Å². The minimum Gasteiger partial charge on any atom is -0.456 e. The normalized spacial score (nSPS) is 20.1. The van der Waals surface area contributed by atoms with Gasteiger partial charge in [-0.3, -0.25) is 0 Å². The van der Waals surface area contributed by atoms with Crippen LogP contribution in [0.1, 0.15) is 23.7 Å². The third-order valence-corrected chi connectivity index (χ3v) is 7.10. The van der Waals surface area contributed by atoms with Gasteiger partial charge in [-0.1, -0.05) is 6.07 Å². The van der Waals surface area contributed by atoms with Gasteiger partial charge in [0, 0.05) is 15.6 Å².